The molecule has 0 radical (unpaired) electrons. The maximum Gasteiger partial charge on any atom is 0.0536 e. The van der Waals surface area contributed by atoms with Gasteiger partial charge in [-0.05, 0) is 56.3 Å². The van der Waals surface area contributed by atoms with E-state index in [0.29, 0.717) is 6.04 Å². The molecule has 1 aliphatic rings. The molecule has 1 unspecified atom stereocenters. The molecule has 1 aliphatic heterocycles. The third-order valence-electron chi connectivity index (χ3n) is 4.77. The Morgan fingerprint density at radius 2 is 1.95 bits per heavy atom. The average molecular weight is 312 g/mol. The van der Waals surface area contributed by atoms with Gasteiger partial charge in [0.2, 0.25) is 0 Å². The monoisotopic (exact) mass is 311 g/mol. The van der Waals surface area contributed by atoms with Crippen molar-refractivity contribution < 1.29 is 0 Å². The molecule has 22 heavy (non-hydrogen) atoms. The van der Waals surface area contributed by atoms with E-state index in [9.17, 15) is 0 Å². The molecule has 2 aromatic heterocycles. The van der Waals surface area contributed by atoms with E-state index >= 15 is 0 Å². The number of nitrogens with zero attached hydrogens (tertiary/aromatic N) is 3. The maximum atomic E-state index is 6.25. The fourth-order valence-corrected chi connectivity index (χ4v) is 3.68. The van der Waals surface area contributed by atoms with E-state index in [4.69, 9.17) is 11.6 Å². The van der Waals surface area contributed by atoms with Gasteiger partial charge < -0.3 is 4.57 Å². The molecule has 0 bridgehead atoms. The second kappa shape index (κ2) is 5.11. The third kappa shape index (κ3) is 1.97. The largest absolute Gasteiger partial charge is 0.312 e. The summed E-state index contributed by atoms with van der Waals surface area (Å²) in [5.41, 5.74) is 5.19. The summed E-state index contributed by atoms with van der Waals surface area (Å²) in [5.74, 6) is 0. The van der Waals surface area contributed by atoms with Gasteiger partial charge in [0.05, 0.1) is 5.52 Å². The summed E-state index contributed by atoms with van der Waals surface area (Å²) >= 11 is 6.25. The number of rotatable bonds is 1. The number of hydrogen-bond donors (Lipinski definition) is 0. The van der Waals surface area contributed by atoms with Crippen LogP contribution in [0, 0.1) is 0 Å². The van der Waals surface area contributed by atoms with Crippen molar-refractivity contribution in [3.63, 3.8) is 0 Å². The summed E-state index contributed by atoms with van der Waals surface area (Å²) < 4.78 is 2.36. The highest BCUT2D eigenvalue weighted by Gasteiger charge is 2.28. The molecule has 4 rings (SSSR count). The van der Waals surface area contributed by atoms with Crippen LogP contribution in [0.25, 0.3) is 16.6 Å². The molecular weight excluding hydrogens is 294 g/mol. The summed E-state index contributed by atoms with van der Waals surface area (Å²) in [4.78, 5) is 6.55. The lowest BCUT2D eigenvalue weighted by Gasteiger charge is -2.31. The van der Waals surface area contributed by atoms with E-state index in [-0.39, 0.29) is 0 Å². The Morgan fingerprint density at radius 1 is 1.18 bits per heavy atom. The fraction of sp³-hybridized carbons (Fsp3) is 0.278. The topological polar surface area (TPSA) is 21.1 Å². The highest BCUT2D eigenvalue weighted by atomic mass is 35.5. The van der Waals surface area contributed by atoms with Gasteiger partial charge in [-0.1, -0.05) is 11.6 Å². The van der Waals surface area contributed by atoms with Crippen LogP contribution in [0.15, 0.2) is 42.7 Å². The van der Waals surface area contributed by atoms with Crippen molar-refractivity contribution in [2.24, 2.45) is 0 Å². The van der Waals surface area contributed by atoms with Gasteiger partial charge in [0.1, 0.15) is 0 Å². The Hall–Kier alpha value is -1.84. The molecule has 0 N–H and O–H groups in total. The van der Waals surface area contributed by atoms with Gasteiger partial charge in [0.25, 0.3) is 0 Å². The molecule has 0 saturated carbocycles. The van der Waals surface area contributed by atoms with E-state index in [1.54, 1.807) is 0 Å². The van der Waals surface area contributed by atoms with Crippen LogP contribution in [0.3, 0.4) is 0 Å². The van der Waals surface area contributed by atoms with Crippen LogP contribution in [-0.2, 0) is 6.42 Å². The van der Waals surface area contributed by atoms with Crippen molar-refractivity contribution in [1.82, 2.24) is 14.5 Å². The first kappa shape index (κ1) is 13.8. The lowest BCUT2D eigenvalue weighted by atomic mass is 9.99. The summed E-state index contributed by atoms with van der Waals surface area (Å²) in [6, 6.07) is 10.7. The number of pyridine rings is 1. The van der Waals surface area contributed by atoms with Crippen LogP contribution in [-0.4, -0.2) is 28.0 Å². The molecule has 4 heteroatoms. The first-order valence-electron chi connectivity index (χ1n) is 7.60. The predicted octanol–water partition coefficient (Wildman–Crippen LogP) is 4.23. The van der Waals surface area contributed by atoms with E-state index in [1.807, 2.05) is 18.5 Å². The average Bonchev–Trinajstić information content (AvgIpc) is 2.86. The summed E-state index contributed by atoms with van der Waals surface area (Å²) in [6.07, 6.45) is 4.76. The first-order valence-corrected chi connectivity index (χ1v) is 7.98. The standard InChI is InChI=1S/C18H18ClN3/c1-12-18-15(7-10-21(12)2)16-11-13(19)3-4-17(16)22(18)14-5-8-20-9-6-14/h3-6,8-9,11-12H,7,10H2,1-2H3. The molecule has 0 aliphatic carbocycles. The molecule has 0 amide bonds. The molecule has 0 spiro atoms. The van der Waals surface area contributed by atoms with Crippen LogP contribution >= 0.6 is 11.6 Å². The van der Waals surface area contributed by atoms with E-state index < -0.39 is 0 Å². The predicted molar refractivity (Wildman–Crippen MR) is 90.8 cm³/mol. The quantitative estimate of drug-likeness (QED) is 0.670. The molecule has 0 fully saturated rings. The van der Waals surface area contributed by atoms with Crippen molar-refractivity contribution >= 4 is 22.5 Å². The highest BCUT2D eigenvalue weighted by Crippen LogP contribution is 2.39. The Bertz CT molecular complexity index is 838. The molecular formula is C18H18ClN3. The van der Waals surface area contributed by atoms with Crippen LogP contribution < -0.4 is 0 Å². The van der Waals surface area contributed by atoms with E-state index in [0.717, 1.165) is 23.7 Å². The van der Waals surface area contributed by atoms with Gasteiger partial charge in [-0.3, -0.25) is 9.88 Å². The number of likely N-dealkylation sites (N-methyl/N-ethyl adjacent to an activating group) is 1. The SMILES string of the molecule is CC1c2c(c3cc(Cl)ccc3n2-c2ccncc2)CCN1C. The van der Waals surface area contributed by atoms with Gasteiger partial charge in [-0.15, -0.1) is 0 Å². The van der Waals surface area contributed by atoms with Crippen LogP contribution in [0.4, 0.5) is 0 Å². The first-order chi connectivity index (χ1) is 10.7. The molecule has 3 aromatic rings. The molecule has 112 valence electrons. The number of fused-ring (bicyclic) bond motifs is 3. The summed E-state index contributed by atoms with van der Waals surface area (Å²) in [6.45, 7) is 3.35. The maximum absolute atomic E-state index is 6.25. The number of benzene rings is 1. The summed E-state index contributed by atoms with van der Waals surface area (Å²) in [5, 5.41) is 2.08. The van der Waals surface area contributed by atoms with Crippen LogP contribution in [0.2, 0.25) is 5.02 Å². The molecule has 1 atom stereocenters. The Labute approximate surface area is 135 Å². The van der Waals surface area contributed by atoms with E-state index in [1.165, 1.54) is 22.2 Å². The minimum atomic E-state index is 0.378. The molecule has 1 aromatic carbocycles. The number of halogens is 1. The normalized spacial score (nSPS) is 18.6. The van der Waals surface area contributed by atoms with Crippen molar-refractivity contribution in [1.29, 1.82) is 0 Å². The van der Waals surface area contributed by atoms with Gasteiger partial charge in [0.15, 0.2) is 0 Å². The van der Waals surface area contributed by atoms with Crippen molar-refractivity contribution in [2.75, 3.05) is 13.6 Å². The van der Waals surface area contributed by atoms with Crippen LogP contribution in [0.5, 0.6) is 0 Å². The molecule has 0 saturated heterocycles. The number of hydrogen-bond acceptors (Lipinski definition) is 2. The molecule has 3 heterocycles. The fourth-order valence-electron chi connectivity index (χ4n) is 3.51. The van der Waals surface area contributed by atoms with Gasteiger partial charge >= 0.3 is 0 Å². The van der Waals surface area contributed by atoms with Crippen molar-refractivity contribution in [3.8, 4) is 5.69 Å². The van der Waals surface area contributed by atoms with Gasteiger partial charge in [-0.25, -0.2) is 0 Å². The smallest absolute Gasteiger partial charge is 0.0536 e. The Kier molecular flexibility index (Phi) is 3.21. The van der Waals surface area contributed by atoms with Gasteiger partial charge in [-0.2, -0.15) is 0 Å². The zero-order valence-corrected chi connectivity index (χ0v) is 13.5. The summed E-state index contributed by atoms with van der Waals surface area (Å²) in [7, 11) is 2.19. The van der Waals surface area contributed by atoms with E-state index in [2.05, 4.69) is 52.7 Å². The zero-order chi connectivity index (χ0) is 15.3. The Balaban J connectivity index is 2.10. The minimum Gasteiger partial charge on any atom is -0.312 e. The zero-order valence-electron chi connectivity index (χ0n) is 12.8. The van der Waals surface area contributed by atoms with Crippen molar-refractivity contribution in [2.45, 2.75) is 19.4 Å². The second-order valence-corrected chi connectivity index (χ2v) is 6.41. The lowest BCUT2D eigenvalue weighted by Crippen LogP contribution is -2.31. The third-order valence-corrected chi connectivity index (χ3v) is 5.00. The van der Waals surface area contributed by atoms with Crippen molar-refractivity contribution in [3.05, 3.63) is 59.0 Å². The molecule has 3 nitrogen and oxygen atoms in total. The lowest BCUT2D eigenvalue weighted by molar-refractivity contribution is 0.241. The highest BCUT2D eigenvalue weighted by molar-refractivity contribution is 6.31. The Morgan fingerprint density at radius 3 is 2.73 bits per heavy atom. The minimum absolute atomic E-state index is 0.378. The number of aromatic nitrogens is 2. The second-order valence-electron chi connectivity index (χ2n) is 5.97. The van der Waals surface area contributed by atoms with Crippen LogP contribution in [0.1, 0.15) is 24.2 Å². The van der Waals surface area contributed by atoms with Gasteiger partial charge in [0, 0.05) is 46.8 Å².